The van der Waals surface area contributed by atoms with Crippen LogP contribution in [0.2, 0.25) is 0 Å². The number of rotatable bonds is 4. The molecule has 1 fully saturated rings. The van der Waals surface area contributed by atoms with Crippen molar-refractivity contribution in [2.75, 3.05) is 11.5 Å². The molecule has 122 valence electrons. The minimum atomic E-state index is -3.03. The van der Waals surface area contributed by atoms with Crippen LogP contribution in [-0.2, 0) is 19.4 Å². The molecule has 1 aliphatic rings. The van der Waals surface area contributed by atoms with E-state index in [4.69, 9.17) is 9.84 Å². The minimum absolute atomic E-state index is 0.0315. The Morgan fingerprint density at radius 1 is 1.29 bits per heavy atom. The van der Waals surface area contributed by atoms with Crippen LogP contribution < -0.4 is 5.32 Å². The molecule has 0 saturated carbocycles. The highest BCUT2D eigenvalue weighted by molar-refractivity contribution is 7.91. The Kier molecular flexibility index (Phi) is 5.61. The summed E-state index contributed by atoms with van der Waals surface area (Å²) < 4.78 is 28.0. The highest BCUT2D eigenvalue weighted by Crippen LogP contribution is 2.24. The summed E-state index contributed by atoms with van der Waals surface area (Å²) in [7, 11) is -3.03. The van der Waals surface area contributed by atoms with Gasteiger partial charge in [-0.05, 0) is 39.5 Å². The zero-order chi connectivity index (χ0) is 16.3. The van der Waals surface area contributed by atoms with Crippen LogP contribution in [0.3, 0.4) is 0 Å². The normalized spacial score (nSPS) is 20.5. The quantitative estimate of drug-likeness (QED) is 0.804. The Morgan fingerprint density at radius 2 is 1.81 bits per heavy atom. The number of aliphatic carboxylic acids is 1. The predicted molar refractivity (Wildman–Crippen MR) is 76.8 cm³/mol. The van der Waals surface area contributed by atoms with Gasteiger partial charge >= 0.3 is 12.1 Å². The molecular formula is C13H23NO6S. The molecule has 1 amide bonds. The molecule has 1 saturated heterocycles. The van der Waals surface area contributed by atoms with E-state index in [1.165, 1.54) is 0 Å². The monoisotopic (exact) mass is 321 g/mol. The molecule has 7 nitrogen and oxygen atoms in total. The Morgan fingerprint density at radius 3 is 2.24 bits per heavy atom. The standard InChI is InChI=1S/C13H23NO6S/c1-13(2,3)20-12(17)14-10(8-11(15)16)9-4-6-21(18,19)7-5-9/h9-10H,4-8H2,1-3H3,(H,14,17)(H,15,16). The van der Waals surface area contributed by atoms with Gasteiger partial charge < -0.3 is 15.2 Å². The summed E-state index contributed by atoms with van der Waals surface area (Å²) in [6.07, 6.45) is -0.210. The SMILES string of the molecule is CC(C)(C)OC(=O)NC(CC(=O)O)C1CCS(=O)(=O)CC1. The van der Waals surface area contributed by atoms with Gasteiger partial charge in [0.05, 0.1) is 17.9 Å². The van der Waals surface area contributed by atoms with Gasteiger partial charge in [-0.25, -0.2) is 13.2 Å². The molecule has 0 aromatic heterocycles. The first kappa shape index (κ1) is 17.7. The summed E-state index contributed by atoms with van der Waals surface area (Å²) in [5, 5.41) is 11.5. The van der Waals surface area contributed by atoms with Crippen LogP contribution in [0.5, 0.6) is 0 Å². The highest BCUT2D eigenvalue weighted by atomic mass is 32.2. The molecule has 0 bridgehead atoms. The molecule has 0 radical (unpaired) electrons. The minimum Gasteiger partial charge on any atom is -0.481 e. The van der Waals surface area contributed by atoms with E-state index in [-0.39, 0.29) is 23.8 Å². The van der Waals surface area contributed by atoms with Crippen molar-refractivity contribution in [3.05, 3.63) is 0 Å². The number of alkyl carbamates (subject to hydrolysis) is 1. The molecular weight excluding hydrogens is 298 g/mol. The molecule has 0 spiro atoms. The van der Waals surface area contributed by atoms with Crippen LogP contribution in [0.25, 0.3) is 0 Å². The van der Waals surface area contributed by atoms with Crippen molar-refractivity contribution >= 4 is 21.9 Å². The summed E-state index contributed by atoms with van der Waals surface area (Å²) >= 11 is 0. The fraction of sp³-hybridized carbons (Fsp3) is 0.846. The van der Waals surface area contributed by atoms with Crippen LogP contribution in [0.4, 0.5) is 4.79 Å². The smallest absolute Gasteiger partial charge is 0.407 e. The second kappa shape index (κ2) is 6.64. The predicted octanol–water partition coefficient (Wildman–Crippen LogP) is 1.18. The second-order valence-corrected chi connectivity index (χ2v) is 8.64. The number of carbonyl (C=O) groups excluding carboxylic acids is 1. The van der Waals surface area contributed by atoms with Crippen LogP contribution in [0.15, 0.2) is 0 Å². The first-order valence-corrected chi connectivity index (χ1v) is 8.72. The summed E-state index contributed by atoms with van der Waals surface area (Å²) in [6, 6.07) is -0.618. The summed E-state index contributed by atoms with van der Waals surface area (Å²) in [4.78, 5) is 22.7. The van der Waals surface area contributed by atoms with Crippen molar-refractivity contribution in [3.8, 4) is 0 Å². The maximum Gasteiger partial charge on any atom is 0.407 e. The van der Waals surface area contributed by atoms with E-state index in [2.05, 4.69) is 5.32 Å². The highest BCUT2D eigenvalue weighted by Gasteiger charge is 2.32. The van der Waals surface area contributed by atoms with Gasteiger partial charge in [-0.2, -0.15) is 0 Å². The summed E-state index contributed by atoms with van der Waals surface area (Å²) in [6.45, 7) is 5.14. The third kappa shape index (κ3) is 6.79. The van der Waals surface area contributed by atoms with Gasteiger partial charge in [0.1, 0.15) is 15.4 Å². The van der Waals surface area contributed by atoms with Gasteiger partial charge in [0.25, 0.3) is 0 Å². The van der Waals surface area contributed by atoms with Crippen LogP contribution in [-0.4, -0.2) is 48.7 Å². The third-order valence-electron chi connectivity index (χ3n) is 3.26. The van der Waals surface area contributed by atoms with E-state index in [9.17, 15) is 18.0 Å². The number of carboxylic acids is 1. The van der Waals surface area contributed by atoms with E-state index in [1.807, 2.05) is 0 Å². The van der Waals surface area contributed by atoms with E-state index < -0.39 is 33.5 Å². The van der Waals surface area contributed by atoms with E-state index in [0.29, 0.717) is 12.8 Å². The molecule has 1 heterocycles. The van der Waals surface area contributed by atoms with Crippen molar-refractivity contribution in [2.24, 2.45) is 5.92 Å². The number of hydrogen-bond acceptors (Lipinski definition) is 5. The zero-order valence-electron chi connectivity index (χ0n) is 12.6. The Hall–Kier alpha value is -1.31. The maximum atomic E-state index is 11.8. The zero-order valence-corrected chi connectivity index (χ0v) is 13.4. The van der Waals surface area contributed by atoms with Crippen molar-refractivity contribution in [2.45, 2.75) is 51.7 Å². The van der Waals surface area contributed by atoms with Crippen LogP contribution >= 0.6 is 0 Å². The number of sulfone groups is 1. The van der Waals surface area contributed by atoms with Crippen molar-refractivity contribution < 1.29 is 27.9 Å². The molecule has 0 aromatic rings. The number of amides is 1. The molecule has 1 aliphatic heterocycles. The average Bonchev–Trinajstić information content (AvgIpc) is 2.24. The third-order valence-corrected chi connectivity index (χ3v) is 4.98. The van der Waals surface area contributed by atoms with Crippen molar-refractivity contribution in [1.29, 1.82) is 0 Å². The van der Waals surface area contributed by atoms with Crippen molar-refractivity contribution in [1.82, 2.24) is 5.32 Å². The van der Waals surface area contributed by atoms with Gasteiger partial charge in [-0.15, -0.1) is 0 Å². The molecule has 1 atom stereocenters. The van der Waals surface area contributed by atoms with Crippen LogP contribution in [0.1, 0.15) is 40.0 Å². The van der Waals surface area contributed by atoms with E-state index in [1.54, 1.807) is 20.8 Å². The number of nitrogens with one attached hydrogen (secondary N) is 1. The largest absolute Gasteiger partial charge is 0.481 e. The number of hydrogen-bond donors (Lipinski definition) is 2. The Labute approximate surface area is 125 Å². The molecule has 0 aliphatic carbocycles. The average molecular weight is 321 g/mol. The van der Waals surface area contributed by atoms with Gasteiger partial charge in [0.15, 0.2) is 0 Å². The fourth-order valence-corrected chi connectivity index (χ4v) is 3.82. The number of carboxylic acid groups (broad SMARTS) is 1. The Balaban J connectivity index is 2.68. The molecule has 2 N–H and O–H groups in total. The van der Waals surface area contributed by atoms with Gasteiger partial charge in [-0.3, -0.25) is 4.79 Å². The topological polar surface area (TPSA) is 110 Å². The van der Waals surface area contributed by atoms with Gasteiger partial charge in [0, 0.05) is 6.04 Å². The van der Waals surface area contributed by atoms with Gasteiger partial charge in [0.2, 0.25) is 0 Å². The lowest BCUT2D eigenvalue weighted by Gasteiger charge is -2.30. The molecule has 21 heavy (non-hydrogen) atoms. The molecule has 1 rings (SSSR count). The van der Waals surface area contributed by atoms with Gasteiger partial charge in [-0.1, -0.05) is 0 Å². The Bertz CT molecular complexity index is 479. The fourth-order valence-electron chi connectivity index (χ4n) is 2.29. The van der Waals surface area contributed by atoms with E-state index in [0.717, 1.165) is 0 Å². The summed E-state index contributed by atoms with van der Waals surface area (Å²) in [5.74, 6) is -1.14. The lowest BCUT2D eigenvalue weighted by atomic mass is 9.91. The first-order valence-electron chi connectivity index (χ1n) is 6.90. The maximum absolute atomic E-state index is 11.8. The summed E-state index contributed by atoms with van der Waals surface area (Å²) in [5.41, 5.74) is -0.673. The molecule has 0 aromatic carbocycles. The lowest BCUT2D eigenvalue weighted by molar-refractivity contribution is -0.137. The second-order valence-electron chi connectivity index (χ2n) is 6.34. The first-order chi connectivity index (χ1) is 9.48. The lowest BCUT2D eigenvalue weighted by Crippen LogP contribution is -2.46. The molecule has 8 heteroatoms. The van der Waals surface area contributed by atoms with Crippen LogP contribution in [0, 0.1) is 5.92 Å². The number of carbonyl (C=O) groups is 2. The van der Waals surface area contributed by atoms with Crippen molar-refractivity contribution in [3.63, 3.8) is 0 Å². The molecule has 1 unspecified atom stereocenters. The number of ether oxygens (including phenoxy) is 1. The van der Waals surface area contributed by atoms with E-state index >= 15 is 0 Å².